The Morgan fingerprint density at radius 2 is 2.06 bits per heavy atom. The molecule has 0 atom stereocenters. The molecule has 2 rings (SSSR count). The highest BCUT2D eigenvalue weighted by atomic mass is 35.5. The molecule has 0 saturated carbocycles. The Kier molecular flexibility index (Phi) is 3.43. The van der Waals surface area contributed by atoms with Gasteiger partial charge in [0.25, 0.3) is 0 Å². The molecular weight excluding hydrogens is 252 g/mol. The lowest BCUT2D eigenvalue weighted by Gasteiger charge is -2.11. The van der Waals surface area contributed by atoms with Gasteiger partial charge in [-0.15, -0.1) is 0 Å². The Balaban J connectivity index is 2.78. The largest absolute Gasteiger partial charge is 0.507 e. The summed E-state index contributed by atoms with van der Waals surface area (Å²) >= 11 is 5.94. The number of esters is 1. The fraction of sp³-hybridized carbons (Fsp3) is 0.214. The second-order valence-electron chi connectivity index (χ2n) is 4.00. The van der Waals surface area contributed by atoms with Crippen LogP contribution in [0.2, 0.25) is 5.02 Å². The van der Waals surface area contributed by atoms with Crippen molar-refractivity contribution in [2.75, 3.05) is 6.61 Å². The van der Waals surface area contributed by atoms with Crippen LogP contribution in [-0.4, -0.2) is 17.7 Å². The maximum absolute atomic E-state index is 12.0. The lowest BCUT2D eigenvalue weighted by Crippen LogP contribution is -2.07. The maximum Gasteiger partial charge on any atom is 0.339 e. The van der Waals surface area contributed by atoms with Crippen molar-refractivity contribution in [3.05, 3.63) is 40.4 Å². The molecule has 0 heterocycles. The Bertz CT molecular complexity index is 620. The molecule has 0 bridgehead atoms. The first-order chi connectivity index (χ1) is 8.54. The van der Waals surface area contributed by atoms with E-state index in [1.54, 1.807) is 38.1 Å². The van der Waals surface area contributed by atoms with Crippen LogP contribution in [-0.2, 0) is 4.74 Å². The molecule has 94 valence electrons. The van der Waals surface area contributed by atoms with E-state index in [-0.39, 0.29) is 5.75 Å². The van der Waals surface area contributed by atoms with Gasteiger partial charge < -0.3 is 9.84 Å². The van der Waals surface area contributed by atoms with Crippen LogP contribution in [0.1, 0.15) is 22.8 Å². The number of carbonyl (C=O) groups excluding carboxylic acids is 1. The van der Waals surface area contributed by atoms with Gasteiger partial charge >= 0.3 is 5.97 Å². The summed E-state index contributed by atoms with van der Waals surface area (Å²) in [6.07, 6.45) is 0. The number of carbonyl (C=O) groups is 1. The number of ether oxygens (including phenoxy) is 1. The number of aryl methyl sites for hydroxylation is 1. The predicted molar refractivity (Wildman–Crippen MR) is 71.3 cm³/mol. The minimum Gasteiger partial charge on any atom is -0.507 e. The molecule has 2 aromatic carbocycles. The van der Waals surface area contributed by atoms with Crippen molar-refractivity contribution in [3.8, 4) is 5.75 Å². The van der Waals surface area contributed by atoms with Crippen LogP contribution in [0.5, 0.6) is 5.75 Å². The number of phenolic OH excluding ortho intramolecular Hbond substituents is 1. The van der Waals surface area contributed by atoms with Gasteiger partial charge in [-0.05, 0) is 43.7 Å². The number of aromatic hydroxyl groups is 1. The topological polar surface area (TPSA) is 46.5 Å². The van der Waals surface area contributed by atoms with Gasteiger partial charge in [0.1, 0.15) is 5.75 Å². The summed E-state index contributed by atoms with van der Waals surface area (Å²) in [5, 5.41) is 11.6. The van der Waals surface area contributed by atoms with Gasteiger partial charge in [-0.25, -0.2) is 4.79 Å². The lowest BCUT2D eigenvalue weighted by atomic mass is 9.99. The first-order valence-corrected chi connectivity index (χ1v) is 6.01. The van der Waals surface area contributed by atoms with E-state index in [0.29, 0.717) is 33.5 Å². The van der Waals surface area contributed by atoms with Crippen molar-refractivity contribution in [3.63, 3.8) is 0 Å². The third-order valence-corrected chi connectivity index (χ3v) is 2.99. The van der Waals surface area contributed by atoms with Crippen LogP contribution in [0, 0.1) is 6.92 Å². The average molecular weight is 265 g/mol. The third-order valence-electron chi connectivity index (χ3n) is 2.75. The molecule has 2 aromatic rings. The minimum atomic E-state index is -0.401. The Hall–Kier alpha value is -1.74. The molecular formula is C14H13ClO3. The molecule has 4 heteroatoms. The number of benzene rings is 2. The van der Waals surface area contributed by atoms with E-state index < -0.39 is 5.97 Å². The maximum atomic E-state index is 12.0. The lowest BCUT2D eigenvalue weighted by molar-refractivity contribution is 0.0528. The monoisotopic (exact) mass is 264 g/mol. The molecule has 1 N–H and O–H groups in total. The van der Waals surface area contributed by atoms with Crippen LogP contribution >= 0.6 is 11.6 Å². The van der Waals surface area contributed by atoms with Crippen molar-refractivity contribution in [1.29, 1.82) is 0 Å². The van der Waals surface area contributed by atoms with Gasteiger partial charge in [-0.1, -0.05) is 11.6 Å². The Morgan fingerprint density at radius 3 is 2.72 bits per heavy atom. The summed E-state index contributed by atoms with van der Waals surface area (Å²) in [7, 11) is 0. The highest BCUT2D eigenvalue weighted by Crippen LogP contribution is 2.32. The summed E-state index contributed by atoms with van der Waals surface area (Å²) in [5.74, 6) is -0.269. The number of rotatable bonds is 2. The number of fused-ring (bicyclic) bond motifs is 1. The molecule has 0 fully saturated rings. The van der Waals surface area contributed by atoms with Crippen LogP contribution in [0.15, 0.2) is 24.3 Å². The SMILES string of the molecule is CCOC(=O)c1c(C)cc(O)c2ccc(Cl)cc12. The Morgan fingerprint density at radius 1 is 1.33 bits per heavy atom. The second-order valence-corrected chi connectivity index (χ2v) is 4.43. The summed E-state index contributed by atoms with van der Waals surface area (Å²) in [6.45, 7) is 3.82. The quantitative estimate of drug-likeness (QED) is 0.842. The number of hydrogen-bond donors (Lipinski definition) is 1. The molecule has 18 heavy (non-hydrogen) atoms. The van der Waals surface area contributed by atoms with Crippen molar-refractivity contribution < 1.29 is 14.6 Å². The van der Waals surface area contributed by atoms with E-state index in [4.69, 9.17) is 16.3 Å². The van der Waals surface area contributed by atoms with E-state index in [1.807, 2.05) is 0 Å². The zero-order chi connectivity index (χ0) is 13.3. The molecule has 0 saturated heterocycles. The van der Waals surface area contributed by atoms with Gasteiger partial charge in [-0.2, -0.15) is 0 Å². The molecule has 0 aliphatic rings. The van der Waals surface area contributed by atoms with Gasteiger partial charge in [0.05, 0.1) is 12.2 Å². The number of hydrogen-bond acceptors (Lipinski definition) is 3. The van der Waals surface area contributed by atoms with Gasteiger partial charge in [0.2, 0.25) is 0 Å². The fourth-order valence-corrected chi connectivity index (χ4v) is 2.16. The first kappa shape index (κ1) is 12.7. The smallest absolute Gasteiger partial charge is 0.339 e. The molecule has 0 spiro atoms. The van der Waals surface area contributed by atoms with E-state index >= 15 is 0 Å². The second kappa shape index (κ2) is 4.86. The molecule has 0 radical (unpaired) electrons. The first-order valence-electron chi connectivity index (χ1n) is 5.63. The van der Waals surface area contributed by atoms with Gasteiger partial charge in [0, 0.05) is 15.8 Å². The molecule has 0 aromatic heterocycles. The summed E-state index contributed by atoms with van der Waals surface area (Å²) in [6, 6.07) is 6.58. The standard InChI is InChI=1S/C14H13ClO3/c1-3-18-14(17)13-8(2)6-12(16)10-5-4-9(15)7-11(10)13/h4-7,16H,3H2,1-2H3. The van der Waals surface area contributed by atoms with Crippen LogP contribution in [0.4, 0.5) is 0 Å². The molecule has 0 aliphatic heterocycles. The van der Waals surface area contributed by atoms with E-state index in [2.05, 4.69) is 0 Å². The fourth-order valence-electron chi connectivity index (χ4n) is 1.99. The van der Waals surface area contributed by atoms with Crippen LogP contribution < -0.4 is 0 Å². The van der Waals surface area contributed by atoms with Crippen molar-refractivity contribution in [2.45, 2.75) is 13.8 Å². The minimum absolute atomic E-state index is 0.132. The summed E-state index contributed by atoms with van der Waals surface area (Å²) in [5.41, 5.74) is 1.12. The summed E-state index contributed by atoms with van der Waals surface area (Å²) < 4.78 is 5.03. The zero-order valence-corrected chi connectivity index (χ0v) is 10.9. The highest BCUT2D eigenvalue weighted by molar-refractivity contribution is 6.31. The zero-order valence-electron chi connectivity index (χ0n) is 10.2. The normalized spacial score (nSPS) is 10.6. The third kappa shape index (κ3) is 2.14. The van der Waals surface area contributed by atoms with Crippen molar-refractivity contribution in [1.82, 2.24) is 0 Å². The van der Waals surface area contributed by atoms with E-state index in [9.17, 15) is 9.90 Å². The number of phenols is 1. The molecule has 0 unspecified atom stereocenters. The molecule has 0 aliphatic carbocycles. The summed E-state index contributed by atoms with van der Waals surface area (Å²) in [4.78, 5) is 12.0. The van der Waals surface area contributed by atoms with E-state index in [1.165, 1.54) is 0 Å². The average Bonchev–Trinajstić information content (AvgIpc) is 2.28. The Labute approximate surface area is 110 Å². The van der Waals surface area contributed by atoms with Gasteiger partial charge in [-0.3, -0.25) is 0 Å². The van der Waals surface area contributed by atoms with Crippen molar-refractivity contribution in [2.24, 2.45) is 0 Å². The predicted octanol–water partition coefficient (Wildman–Crippen LogP) is 3.68. The van der Waals surface area contributed by atoms with Gasteiger partial charge in [0.15, 0.2) is 0 Å². The van der Waals surface area contributed by atoms with E-state index in [0.717, 1.165) is 0 Å². The van der Waals surface area contributed by atoms with Crippen LogP contribution in [0.3, 0.4) is 0 Å². The van der Waals surface area contributed by atoms with Crippen molar-refractivity contribution >= 4 is 28.3 Å². The highest BCUT2D eigenvalue weighted by Gasteiger charge is 2.17. The number of halogens is 1. The molecule has 0 amide bonds. The van der Waals surface area contributed by atoms with Crippen LogP contribution in [0.25, 0.3) is 10.8 Å². The molecule has 3 nitrogen and oxygen atoms in total.